The van der Waals surface area contributed by atoms with Gasteiger partial charge in [0.15, 0.2) is 0 Å². The number of aryl methyl sites for hydroxylation is 1. The van der Waals surface area contributed by atoms with Crippen molar-refractivity contribution in [2.24, 2.45) is 7.05 Å². The molecule has 3 heterocycles. The van der Waals surface area contributed by atoms with E-state index in [1.165, 1.54) is 0 Å². The van der Waals surface area contributed by atoms with E-state index < -0.39 is 0 Å². The van der Waals surface area contributed by atoms with Crippen molar-refractivity contribution in [2.45, 2.75) is 12.5 Å². The minimum atomic E-state index is 0.00366. The first kappa shape index (κ1) is 14.1. The summed E-state index contributed by atoms with van der Waals surface area (Å²) in [6.45, 7) is 3.67. The van der Waals surface area contributed by atoms with Crippen LogP contribution in [0.2, 0.25) is 0 Å². The Balaban J connectivity index is 1.59. The number of piperazine rings is 1. The highest BCUT2D eigenvalue weighted by Crippen LogP contribution is 2.18. The lowest BCUT2D eigenvalue weighted by molar-refractivity contribution is -0.131. The number of hydrogen-bond acceptors (Lipinski definition) is 4. The maximum Gasteiger partial charge on any atom is 0.272 e. The first-order valence-electron chi connectivity index (χ1n) is 7.34. The van der Waals surface area contributed by atoms with E-state index in [0.717, 1.165) is 26.1 Å². The molecule has 0 saturated carbocycles. The molecule has 0 N–H and O–H groups in total. The van der Waals surface area contributed by atoms with Gasteiger partial charge >= 0.3 is 0 Å². The van der Waals surface area contributed by atoms with Gasteiger partial charge in [-0.05, 0) is 12.5 Å². The average molecular weight is 291 g/mol. The zero-order valence-electron chi connectivity index (χ0n) is 12.5. The summed E-state index contributed by atoms with van der Waals surface area (Å²) in [5.41, 5.74) is 0.611. The maximum absolute atomic E-state index is 12.4. The van der Waals surface area contributed by atoms with Crippen LogP contribution in [0, 0.1) is 0 Å². The zero-order chi connectivity index (χ0) is 15.0. The molecular formula is C14H21N5O2. The first-order chi connectivity index (χ1) is 10.1. The van der Waals surface area contributed by atoms with Gasteiger partial charge in [-0.15, -0.1) is 0 Å². The number of carbonyl (C=O) groups excluding carboxylic acids is 2. The topological polar surface area (TPSA) is 61.7 Å². The van der Waals surface area contributed by atoms with Gasteiger partial charge in [-0.25, -0.2) is 0 Å². The number of carbonyl (C=O) groups is 2. The summed E-state index contributed by atoms with van der Waals surface area (Å²) >= 11 is 0. The molecule has 0 aromatic carbocycles. The normalized spacial score (nSPS) is 23.9. The number of nitrogens with zero attached hydrogens (tertiary/aromatic N) is 5. The van der Waals surface area contributed by atoms with Crippen LogP contribution in [0.1, 0.15) is 16.9 Å². The van der Waals surface area contributed by atoms with E-state index in [1.807, 2.05) is 11.9 Å². The molecule has 1 aromatic rings. The Labute approximate surface area is 124 Å². The molecule has 1 unspecified atom stereocenters. The van der Waals surface area contributed by atoms with Crippen LogP contribution < -0.4 is 0 Å². The average Bonchev–Trinajstić information content (AvgIpc) is 3.06. The van der Waals surface area contributed by atoms with Crippen LogP contribution in [-0.2, 0) is 11.8 Å². The molecule has 1 aromatic heterocycles. The molecule has 0 bridgehead atoms. The van der Waals surface area contributed by atoms with Crippen LogP contribution >= 0.6 is 0 Å². The summed E-state index contributed by atoms with van der Waals surface area (Å²) < 4.78 is 1.60. The first-order valence-corrected chi connectivity index (χ1v) is 7.34. The second kappa shape index (κ2) is 5.48. The van der Waals surface area contributed by atoms with Gasteiger partial charge in [0.05, 0.1) is 6.04 Å². The maximum atomic E-state index is 12.4. The molecule has 1 atom stereocenters. The van der Waals surface area contributed by atoms with Crippen molar-refractivity contribution in [3.05, 3.63) is 18.0 Å². The Hall–Kier alpha value is -1.89. The molecule has 7 heteroatoms. The Kier molecular flexibility index (Phi) is 3.67. The van der Waals surface area contributed by atoms with Gasteiger partial charge in [0.1, 0.15) is 5.69 Å². The molecule has 2 aliphatic heterocycles. The smallest absolute Gasteiger partial charge is 0.272 e. The Morgan fingerprint density at radius 3 is 2.43 bits per heavy atom. The van der Waals surface area contributed by atoms with Crippen molar-refractivity contribution in [2.75, 3.05) is 39.8 Å². The minimum absolute atomic E-state index is 0.00366. The number of rotatable bonds is 2. The van der Waals surface area contributed by atoms with Crippen molar-refractivity contribution in [3.8, 4) is 0 Å². The van der Waals surface area contributed by atoms with Crippen molar-refractivity contribution < 1.29 is 9.59 Å². The van der Waals surface area contributed by atoms with Crippen molar-refractivity contribution in [1.29, 1.82) is 0 Å². The number of likely N-dealkylation sites (N-methyl/N-ethyl adjacent to an activating group) is 1. The highest BCUT2D eigenvalue weighted by molar-refractivity contribution is 5.92. The van der Waals surface area contributed by atoms with Crippen LogP contribution in [0.5, 0.6) is 0 Å². The molecule has 2 saturated heterocycles. The van der Waals surface area contributed by atoms with E-state index >= 15 is 0 Å². The monoisotopic (exact) mass is 291 g/mol. The third-order valence-electron chi connectivity index (χ3n) is 4.48. The molecular weight excluding hydrogens is 270 g/mol. The van der Waals surface area contributed by atoms with Gasteiger partial charge in [0.25, 0.3) is 5.91 Å². The Morgan fingerprint density at radius 1 is 1.19 bits per heavy atom. The van der Waals surface area contributed by atoms with Crippen molar-refractivity contribution in [1.82, 2.24) is 24.5 Å². The fourth-order valence-corrected chi connectivity index (χ4v) is 3.13. The SMILES string of the molecule is CN1CCC(N2CCN(C(=O)c3ccnn3C)CC2)C1=O. The van der Waals surface area contributed by atoms with Crippen LogP contribution in [0.4, 0.5) is 0 Å². The molecule has 2 aliphatic rings. The van der Waals surface area contributed by atoms with Gasteiger partial charge in [0.2, 0.25) is 5.91 Å². The standard InChI is InChI=1S/C14H21N5O2/c1-16-6-4-12(13(16)20)18-7-9-19(10-8-18)14(21)11-3-5-15-17(11)2/h3,5,12H,4,6-10H2,1-2H3. The lowest BCUT2D eigenvalue weighted by atomic mass is 10.1. The quantitative estimate of drug-likeness (QED) is 0.730. The van der Waals surface area contributed by atoms with Gasteiger partial charge in [-0.3, -0.25) is 19.2 Å². The highest BCUT2D eigenvalue weighted by Gasteiger charge is 2.36. The lowest BCUT2D eigenvalue weighted by Gasteiger charge is -2.37. The van der Waals surface area contributed by atoms with Gasteiger partial charge in [0, 0.05) is 53.0 Å². The minimum Gasteiger partial charge on any atom is -0.344 e. The molecule has 0 spiro atoms. The Morgan fingerprint density at radius 2 is 1.90 bits per heavy atom. The van der Waals surface area contributed by atoms with Gasteiger partial charge in [-0.1, -0.05) is 0 Å². The van der Waals surface area contributed by atoms with Gasteiger partial charge < -0.3 is 9.80 Å². The zero-order valence-corrected chi connectivity index (χ0v) is 12.5. The second-order valence-corrected chi connectivity index (χ2v) is 5.73. The number of aromatic nitrogens is 2. The fraction of sp³-hybridized carbons (Fsp3) is 0.643. The summed E-state index contributed by atoms with van der Waals surface area (Å²) in [5.74, 6) is 0.228. The van der Waals surface area contributed by atoms with Crippen LogP contribution in [0.15, 0.2) is 12.3 Å². The van der Waals surface area contributed by atoms with Crippen LogP contribution in [0.25, 0.3) is 0 Å². The Bertz CT molecular complexity index is 547. The predicted molar refractivity (Wildman–Crippen MR) is 76.7 cm³/mol. The van der Waals surface area contributed by atoms with E-state index in [-0.39, 0.29) is 17.9 Å². The molecule has 3 rings (SSSR count). The number of likely N-dealkylation sites (tertiary alicyclic amines) is 1. The summed E-state index contributed by atoms with van der Waals surface area (Å²) in [6.07, 6.45) is 2.53. The van der Waals surface area contributed by atoms with E-state index in [1.54, 1.807) is 28.9 Å². The molecule has 0 radical (unpaired) electrons. The van der Waals surface area contributed by atoms with Crippen molar-refractivity contribution >= 4 is 11.8 Å². The third-order valence-corrected chi connectivity index (χ3v) is 4.48. The van der Waals surface area contributed by atoms with E-state index in [9.17, 15) is 9.59 Å². The molecule has 2 fully saturated rings. The fourth-order valence-electron chi connectivity index (χ4n) is 3.13. The lowest BCUT2D eigenvalue weighted by Crippen LogP contribution is -2.53. The number of hydrogen-bond donors (Lipinski definition) is 0. The second-order valence-electron chi connectivity index (χ2n) is 5.73. The van der Waals surface area contributed by atoms with Crippen LogP contribution in [-0.4, -0.2) is 82.1 Å². The van der Waals surface area contributed by atoms with E-state index in [2.05, 4.69) is 10.00 Å². The third kappa shape index (κ3) is 2.53. The number of amides is 2. The molecule has 21 heavy (non-hydrogen) atoms. The molecule has 7 nitrogen and oxygen atoms in total. The molecule has 114 valence electrons. The van der Waals surface area contributed by atoms with Crippen LogP contribution in [0.3, 0.4) is 0 Å². The highest BCUT2D eigenvalue weighted by atomic mass is 16.2. The molecule has 0 aliphatic carbocycles. The summed E-state index contributed by atoms with van der Waals surface area (Å²) in [4.78, 5) is 30.3. The van der Waals surface area contributed by atoms with E-state index in [0.29, 0.717) is 18.8 Å². The summed E-state index contributed by atoms with van der Waals surface area (Å²) in [7, 11) is 3.63. The van der Waals surface area contributed by atoms with Crippen molar-refractivity contribution in [3.63, 3.8) is 0 Å². The molecule has 2 amide bonds. The largest absolute Gasteiger partial charge is 0.344 e. The van der Waals surface area contributed by atoms with Gasteiger partial charge in [-0.2, -0.15) is 5.10 Å². The van der Waals surface area contributed by atoms with E-state index in [4.69, 9.17) is 0 Å². The summed E-state index contributed by atoms with van der Waals surface area (Å²) in [5, 5.41) is 4.04. The summed E-state index contributed by atoms with van der Waals surface area (Å²) in [6, 6.07) is 1.74. The predicted octanol–water partition coefficient (Wildman–Crippen LogP) is -0.591.